The Bertz CT molecular complexity index is 439. The van der Waals surface area contributed by atoms with E-state index in [0.717, 1.165) is 3.79 Å². The molecule has 2 heterocycles. The number of carbonyl (C=O) groups is 1. The smallest absolute Gasteiger partial charge is 0.267 e. The molecule has 0 spiro atoms. The Balaban J connectivity index is 2.10. The van der Waals surface area contributed by atoms with Crippen molar-refractivity contribution < 1.29 is 4.79 Å². The first-order valence-corrected chi connectivity index (χ1v) is 6.07. The summed E-state index contributed by atoms with van der Waals surface area (Å²) in [4.78, 5) is 12.2. The van der Waals surface area contributed by atoms with Crippen LogP contribution in [-0.4, -0.2) is 16.1 Å². The molecule has 14 heavy (non-hydrogen) atoms. The maximum Gasteiger partial charge on any atom is 0.267 e. The minimum atomic E-state index is -0.155. The van der Waals surface area contributed by atoms with Gasteiger partial charge in [0.15, 0.2) is 0 Å². The number of aromatic nitrogens is 2. The van der Waals surface area contributed by atoms with Crippen molar-refractivity contribution in [2.24, 2.45) is 0 Å². The van der Waals surface area contributed by atoms with Gasteiger partial charge >= 0.3 is 0 Å². The molecular weight excluding hydrogens is 286 g/mol. The highest BCUT2D eigenvalue weighted by Gasteiger charge is 2.09. The molecule has 0 aliphatic heterocycles. The molecule has 2 aromatic rings. The molecule has 0 radical (unpaired) electrons. The van der Waals surface area contributed by atoms with Crippen LogP contribution in [0.1, 0.15) is 9.67 Å². The van der Waals surface area contributed by atoms with E-state index >= 15 is 0 Å². The molecule has 0 aromatic carbocycles. The van der Waals surface area contributed by atoms with Gasteiger partial charge in [0.05, 0.1) is 8.66 Å². The summed E-state index contributed by atoms with van der Waals surface area (Å²) in [5.74, 6) is -0.155. The van der Waals surface area contributed by atoms with E-state index in [4.69, 9.17) is 0 Å². The Morgan fingerprint density at radius 3 is 2.93 bits per heavy atom. The van der Waals surface area contributed by atoms with Gasteiger partial charge in [0, 0.05) is 0 Å². The number of anilines is 1. The average Bonchev–Trinajstić information content (AvgIpc) is 2.75. The highest BCUT2D eigenvalue weighted by Crippen LogP contribution is 2.23. The van der Waals surface area contributed by atoms with Gasteiger partial charge in [-0.05, 0) is 28.1 Å². The van der Waals surface area contributed by atoms with Crippen LogP contribution in [0.2, 0.25) is 0 Å². The Morgan fingerprint density at radius 1 is 1.50 bits per heavy atom. The van der Waals surface area contributed by atoms with Crippen molar-refractivity contribution in [3.63, 3.8) is 0 Å². The number of carbonyl (C=O) groups excluding carboxylic acids is 1. The van der Waals surface area contributed by atoms with E-state index < -0.39 is 0 Å². The normalized spacial score (nSPS) is 10.1. The van der Waals surface area contributed by atoms with Crippen LogP contribution in [0.5, 0.6) is 0 Å². The average molecular weight is 290 g/mol. The van der Waals surface area contributed by atoms with Gasteiger partial charge in [-0.25, -0.2) is 0 Å². The predicted octanol–water partition coefficient (Wildman–Crippen LogP) is 2.61. The lowest BCUT2D eigenvalue weighted by atomic mass is 10.4. The Kier molecular flexibility index (Phi) is 2.90. The molecule has 0 fully saturated rings. The van der Waals surface area contributed by atoms with E-state index in [2.05, 4.69) is 31.4 Å². The Morgan fingerprint density at radius 2 is 2.36 bits per heavy atom. The van der Waals surface area contributed by atoms with Crippen molar-refractivity contribution in [1.29, 1.82) is 0 Å². The Hall–Kier alpha value is -0.790. The van der Waals surface area contributed by atoms with Gasteiger partial charge in [0.2, 0.25) is 5.13 Å². The van der Waals surface area contributed by atoms with Crippen LogP contribution in [0.4, 0.5) is 5.13 Å². The van der Waals surface area contributed by atoms with Crippen molar-refractivity contribution in [2.75, 3.05) is 5.32 Å². The van der Waals surface area contributed by atoms with Gasteiger partial charge in [-0.15, -0.1) is 21.5 Å². The first-order valence-electron chi connectivity index (χ1n) is 3.58. The topological polar surface area (TPSA) is 54.9 Å². The largest absolute Gasteiger partial charge is 0.296 e. The zero-order chi connectivity index (χ0) is 9.97. The third kappa shape index (κ3) is 2.17. The van der Waals surface area contributed by atoms with E-state index in [1.807, 2.05) is 6.07 Å². The molecule has 1 N–H and O–H groups in total. The molecule has 0 saturated carbocycles. The van der Waals surface area contributed by atoms with Gasteiger partial charge in [-0.1, -0.05) is 11.3 Å². The van der Waals surface area contributed by atoms with Crippen LogP contribution >= 0.6 is 38.6 Å². The molecule has 0 unspecified atom stereocenters. The van der Waals surface area contributed by atoms with Crippen LogP contribution in [0.3, 0.4) is 0 Å². The molecular formula is C7H4BrN3OS2. The standard InChI is InChI=1S/C7H4BrN3OS2/c8-5-2-1-4(14-5)6(12)10-7-11-9-3-13-7/h1-3H,(H,10,11,12). The highest BCUT2D eigenvalue weighted by atomic mass is 79.9. The minimum Gasteiger partial charge on any atom is -0.296 e. The first-order chi connectivity index (χ1) is 6.75. The molecule has 4 nitrogen and oxygen atoms in total. The highest BCUT2D eigenvalue weighted by molar-refractivity contribution is 9.11. The monoisotopic (exact) mass is 289 g/mol. The third-order valence-electron chi connectivity index (χ3n) is 1.38. The second-order valence-electron chi connectivity index (χ2n) is 2.30. The van der Waals surface area contributed by atoms with Crippen molar-refractivity contribution in [2.45, 2.75) is 0 Å². The number of nitrogens with one attached hydrogen (secondary N) is 1. The van der Waals surface area contributed by atoms with Crippen LogP contribution < -0.4 is 5.32 Å². The summed E-state index contributed by atoms with van der Waals surface area (Å²) in [6, 6.07) is 3.59. The SMILES string of the molecule is O=C(Nc1nncs1)c1ccc(Br)s1. The molecule has 2 aromatic heterocycles. The van der Waals surface area contributed by atoms with Gasteiger partial charge in [0.1, 0.15) is 5.51 Å². The van der Waals surface area contributed by atoms with Gasteiger partial charge < -0.3 is 0 Å². The van der Waals surface area contributed by atoms with E-state index in [0.29, 0.717) is 10.0 Å². The number of amides is 1. The summed E-state index contributed by atoms with van der Waals surface area (Å²) < 4.78 is 0.930. The molecule has 0 aliphatic rings. The maximum atomic E-state index is 11.5. The van der Waals surface area contributed by atoms with E-state index in [-0.39, 0.29) is 5.91 Å². The molecule has 2 rings (SSSR count). The van der Waals surface area contributed by atoms with Crippen molar-refractivity contribution in [3.05, 3.63) is 26.3 Å². The summed E-state index contributed by atoms with van der Waals surface area (Å²) in [6.45, 7) is 0. The number of hydrogen-bond donors (Lipinski definition) is 1. The molecule has 1 amide bonds. The second-order valence-corrected chi connectivity index (χ2v) is 5.60. The molecule has 0 bridgehead atoms. The summed E-state index contributed by atoms with van der Waals surface area (Å²) in [5, 5.41) is 10.5. The van der Waals surface area contributed by atoms with Gasteiger partial charge in [0.25, 0.3) is 5.91 Å². The third-order valence-corrected chi connectivity index (χ3v) is 3.61. The lowest BCUT2D eigenvalue weighted by Gasteiger charge is -1.95. The number of halogens is 1. The van der Waals surface area contributed by atoms with Gasteiger partial charge in [-0.3, -0.25) is 10.1 Å². The molecule has 0 aliphatic carbocycles. The zero-order valence-corrected chi connectivity index (χ0v) is 9.95. The fourth-order valence-corrected chi connectivity index (χ4v) is 2.54. The summed E-state index contributed by atoms with van der Waals surface area (Å²) in [5.41, 5.74) is 1.57. The minimum absolute atomic E-state index is 0.155. The lowest BCUT2D eigenvalue weighted by molar-refractivity contribution is 0.103. The van der Waals surface area contributed by atoms with E-state index in [1.165, 1.54) is 22.7 Å². The van der Waals surface area contributed by atoms with E-state index in [1.54, 1.807) is 11.6 Å². The second kappa shape index (κ2) is 4.16. The van der Waals surface area contributed by atoms with Crippen molar-refractivity contribution >= 4 is 49.6 Å². The number of hydrogen-bond acceptors (Lipinski definition) is 5. The van der Waals surface area contributed by atoms with Crippen LogP contribution in [-0.2, 0) is 0 Å². The van der Waals surface area contributed by atoms with Crippen LogP contribution in [0.15, 0.2) is 21.4 Å². The number of thiophene rings is 1. The summed E-state index contributed by atoms with van der Waals surface area (Å²) in [7, 11) is 0. The molecule has 72 valence electrons. The van der Waals surface area contributed by atoms with Crippen molar-refractivity contribution in [1.82, 2.24) is 10.2 Å². The predicted molar refractivity (Wildman–Crippen MR) is 59.9 cm³/mol. The fourth-order valence-electron chi connectivity index (χ4n) is 0.823. The van der Waals surface area contributed by atoms with Crippen LogP contribution in [0, 0.1) is 0 Å². The zero-order valence-electron chi connectivity index (χ0n) is 6.73. The first kappa shape index (κ1) is 9.75. The fraction of sp³-hybridized carbons (Fsp3) is 0. The quantitative estimate of drug-likeness (QED) is 0.925. The maximum absolute atomic E-state index is 11.5. The van der Waals surface area contributed by atoms with Crippen LogP contribution in [0.25, 0.3) is 0 Å². The molecule has 0 saturated heterocycles. The van der Waals surface area contributed by atoms with Gasteiger partial charge in [-0.2, -0.15) is 0 Å². The van der Waals surface area contributed by atoms with Crippen molar-refractivity contribution in [3.8, 4) is 0 Å². The molecule has 7 heteroatoms. The summed E-state index contributed by atoms with van der Waals surface area (Å²) in [6.07, 6.45) is 0. The summed E-state index contributed by atoms with van der Waals surface area (Å²) >= 11 is 5.96. The lowest BCUT2D eigenvalue weighted by Crippen LogP contribution is -2.09. The molecule has 0 atom stereocenters. The van der Waals surface area contributed by atoms with E-state index in [9.17, 15) is 4.79 Å². The number of nitrogens with zero attached hydrogens (tertiary/aromatic N) is 2. The number of rotatable bonds is 2. The Labute approximate surface area is 96.1 Å².